The molecule has 2 N–H and O–H groups in total. The molecule has 1 aromatic carbocycles. The Balaban J connectivity index is 2.09. The largest absolute Gasteiger partial charge is 0.481 e. The van der Waals surface area contributed by atoms with Gasteiger partial charge in [0.2, 0.25) is 0 Å². The molecule has 1 atom stereocenters. The standard InChI is InChI=1S/C13H13ClF2N2O3/c14-8-4-9(15)11(16)10(5-8)17-13(21)18-3-1-2-7(6-18)12(19)20/h4-5,7H,1-3,6H2,(H,17,21)(H,19,20). The molecule has 114 valence electrons. The van der Waals surface area contributed by atoms with Crippen molar-refractivity contribution in [3.05, 3.63) is 28.8 Å². The number of hydrogen-bond acceptors (Lipinski definition) is 2. The third-order valence-electron chi connectivity index (χ3n) is 3.29. The molecule has 0 saturated carbocycles. The number of anilines is 1. The Kier molecular flexibility index (Phi) is 4.62. The maximum absolute atomic E-state index is 13.6. The van der Waals surface area contributed by atoms with Crippen LogP contribution in [0.15, 0.2) is 12.1 Å². The number of aliphatic carboxylic acids is 1. The van der Waals surface area contributed by atoms with E-state index in [1.807, 2.05) is 0 Å². The average Bonchev–Trinajstić information content (AvgIpc) is 2.44. The minimum atomic E-state index is -1.21. The zero-order valence-corrected chi connectivity index (χ0v) is 11.7. The second-order valence-electron chi connectivity index (χ2n) is 4.80. The second kappa shape index (κ2) is 6.26. The van der Waals surface area contributed by atoms with Gasteiger partial charge in [-0.1, -0.05) is 11.6 Å². The third kappa shape index (κ3) is 3.60. The molecule has 1 aromatic rings. The SMILES string of the molecule is O=C(O)C1CCCN(C(=O)Nc2cc(Cl)cc(F)c2F)C1. The molecule has 1 fully saturated rings. The number of nitrogens with zero attached hydrogens (tertiary/aromatic N) is 1. The van der Waals surface area contributed by atoms with E-state index in [2.05, 4.69) is 5.32 Å². The van der Waals surface area contributed by atoms with Crippen molar-refractivity contribution in [2.75, 3.05) is 18.4 Å². The first-order valence-corrected chi connectivity index (χ1v) is 6.69. The summed E-state index contributed by atoms with van der Waals surface area (Å²) in [5.41, 5.74) is -0.373. The highest BCUT2D eigenvalue weighted by molar-refractivity contribution is 6.30. The maximum Gasteiger partial charge on any atom is 0.321 e. The molecule has 21 heavy (non-hydrogen) atoms. The first kappa shape index (κ1) is 15.5. The molecule has 0 aromatic heterocycles. The van der Waals surface area contributed by atoms with Gasteiger partial charge in [-0.05, 0) is 25.0 Å². The van der Waals surface area contributed by atoms with E-state index in [1.165, 1.54) is 4.90 Å². The number of hydrogen-bond donors (Lipinski definition) is 2. The van der Waals surface area contributed by atoms with Gasteiger partial charge in [-0.25, -0.2) is 13.6 Å². The smallest absolute Gasteiger partial charge is 0.321 e. The molecule has 1 aliphatic rings. The van der Waals surface area contributed by atoms with E-state index in [0.717, 1.165) is 12.1 Å². The lowest BCUT2D eigenvalue weighted by atomic mass is 9.99. The Bertz CT molecular complexity index is 583. The van der Waals surface area contributed by atoms with Crippen molar-refractivity contribution in [3.63, 3.8) is 0 Å². The Morgan fingerprint density at radius 1 is 1.38 bits per heavy atom. The van der Waals surface area contributed by atoms with Gasteiger partial charge in [-0.2, -0.15) is 0 Å². The quantitative estimate of drug-likeness (QED) is 0.824. The predicted molar refractivity (Wildman–Crippen MR) is 72.3 cm³/mol. The van der Waals surface area contributed by atoms with E-state index < -0.39 is 29.6 Å². The van der Waals surface area contributed by atoms with Crippen LogP contribution in [-0.4, -0.2) is 35.1 Å². The van der Waals surface area contributed by atoms with Crippen molar-refractivity contribution in [3.8, 4) is 0 Å². The van der Waals surface area contributed by atoms with Crippen molar-refractivity contribution in [2.24, 2.45) is 5.92 Å². The molecule has 2 amide bonds. The topological polar surface area (TPSA) is 69.6 Å². The third-order valence-corrected chi connectivity index (χ3v) is 3.51. The van der Waals surface area contributed by atoms with Crippen molar-refractivity contribution in [1.29, 1.82) is 0 Å². The fraction of sp³-hybridized carbons (Fsp3) is 0.385. The van der Waals surface area contributed by atoms with Crippen molar-refractivity contribution in [2.45, 2.75) is 12.8 Å². The maximum atomic E-state index is 13.6. The Morgan fingerprint density at radius 3 is 2.76 bits per heavy atom. The van der Waals surface area contributed by atoms with Gasteiger partial charge >= 0.3 is 12.0 Å². The van der Waals surface area contributed by atoms with E-state index in [-0.39, 0.29) is 17.3 Å². The van der Waals surface area contributed by atoms with Crippen LogP contribution in [0.5, 0.6) is 0 Å². The minimum Gasteiger partial charge on any atom is -0.481 e. The van der Waals surface area contributed by atoms with Gasteiger partial charge in [0.15, 0.2) is 11.6 Å². The number of halogens is 3. The summed E-state index contributed by atoms with van der Waals surface area (Å²) < 4.78 is 26.8. The summed E-state index contributed by atoms with van der Waals surface area (Å²) in [6.07, 6.45) is 1.02. The summed E-state index contributed by atoms with van der Waals surface area (Å²) in [6, 6.07) is 1.21. The van der Waals surface area contributed by atoms with E-state index in [1.54, 1.807) is 0 Å². The summed E-state index contributed by atoms with van der Waals surface area (Å²) in [4.78, 5) is 24.2. The normalized spacial score (nSPS) is 18.4. The number of likely N-dealkylation sites (tertiary alicyclic amines) is 1. The van der Waals surface area contributed by atoms with Crippen LogP contribution in [0.25, 0.3) is 0 Å². The number of piperidine rings is 1. The molecule has 1 saturated heterocycles. The van der Waals surface area contributed by atoms with Crippen LogP contribution in [0.1, 0.15) is 12.8 Å². The lowest BCUT2D eigenvalue weighted by molar-refractivity contribution is -0.143. The van der Waals surface area contributed by atoms with Crippen molar-refractivity contribution >= 4 is 29.3 Å². The van der Waals surface area contributed by atoms with Crippen molar-refractivity contribution in [1.82, 2.24) is 4.90 Å². The number of nitrogens with one attached hydrogen (secondary N) is 1. The Hall–Kier alpha value is -1.89. The zero-order chi connectivity index (χ0) is 15.6. The van der Waals surface area contributed by atoms with Crippen LogP contribution in [0.4, 0.5) is 19.3 Å². The summed E-state index contributed by atoms with van der Waals surface area (Å²) in [6.45, 7) is 0.395. The predicted octanol–water partition coefficient (Wildman–Crippen LogP) is 2.95. The molecule has 2 rings (SSSR count). The highest BCUT2D eigenvalue weighted by Crippen LogP contribution is 2.24. The summed E-state index contributed by atoms with van der Waals surface area (Å²) in [5, 5.41) is 11.1. The summed E-state index contributed by atoms with van der Waals surface area (Å²) in [7, 11) is 0. The van der Waals surface area contributed by atoms with E-state index in [9.17, 15) is 18.4 Å². The fourth-order valence-electron chi connectivity index (χ4n) is 2.20. The molecule has 1 unspecified atom stereocenters. The number of benzene rings is 1. The Morgan fingerprint density at radius 2 is 2.10 bits per heavy atom. The highest BCUT2D eigenvalue weighted by Gasteiger charge is 2.28. The van der Waals surface area contributed by atoms with Gasteiger partial charge in [-0.3, -0.25) is 4.79 Å². The number of urea groups is 1. The number of carboxylic acid groups (broad SMARTS) is 1. The minimum absolute atomic E-state index is 0.0336. The van der Waals surface area contributed by atoms with Gasteiger partial charge in [0.05, 0.1) is 11.6 Å². The average molecular weight is 319 g/mol. The van der Waals surface area contributed by atoms with Gasteiger partial charge in [0, 0.05) is 18.1 Å². The molecule has 0 radical (unpaired) electrons. The molecular weight excluding hydrogens is 306 g/mol. The molecule has 8 heteroatoms. The Labute approximate surface area is 124 Å². The van der Waals surface area contributed by atoms with E-state index in [4.69, 9.17) is 16.7 Å². The fourth-order valence-corrected chi connectivity index (χ4v) is 2.41. The number of carboxylic acids is 1. The van der Waals surface area contributed by atoms with Crippen LogP contribution >= 0.6 is 11.6 Å². The van der Waals surface area contributed by atoms with Crippen molar-refractivity contribution < 1.29 is 23.5 Å². The molecule has 0 aliphatic carbocycles. The van der Waals surface area contributed by atoms with Crippen LogP contribution in [0.3, 0.4) is 0 Å². The molecule has 5 nitrogen and oxygen atoms in total. The van der Waals surface area contributed by atoms with Gasteiger partial charge < -0.3 is 15.3 Å². The van der Waals surface area contributed by atoms with Gasteiger partial charge in [0.25, 0.3) is 0 Å². The lowest BCUT2D eigenvalue weighted by Crippen LogP contribution is -2.44. The number of amides is 2. The zero-order valence-electron chi connectivity index (χ0n) is 10.9. The molecule has 1 heterocycles. The van der Waals surface area contributed by atoms with Crippen LogP contribution in [0.2, 0.25) is 5.02 Å². The van der Waals surface area contributed by atoms with Gasteiger partial charge in [0.1, 0.15) is 0 Å². The summed E-state index contributed by atoms with van der Waals surface area (Å²) in [5.74, 6) is -4.00. The van der Waals surface area contributed by atoms with E-state index in [0.29, 0.717) is 19.4 Å². The van der Waals surface area contributed by atoms with E-state index >= 15 is 0 Å². The summed E-state index contributed by atoms with van der Waals surface area (Å²) >= 11 is 5.61. The number of carbonyl (C=O) groups excluding carboxylic acids is 1. The first-order valence-electron chi connectivity index (χ1n) is 6.31. The van der Waals surface area contributed by atoms with Crippen LogP contribution in [-0.2, 0) is 4.79 Å². The first-order chi connectivity index (χ1) is 9.88. The molecule has 1 aliphatic heterocycles. The van der Waals surface area contributed by atoms with Crippen LogP contribution in [0, 0.1) is 17.6 Å². The second-order valence-corrected chi connectivity index (χ2v) is 5.24. The molecule has 0 spiro atoms. The molecular formula is C13H13ClF2N2O3. The number of rotatable bonds is 2. The highest BCUT2D eigenvalue weighted by atomic mass is 35.5. The van der Waals surface area contributed by atoms with Gasteiger partial charge in [-0.15, -0.1) is 0 Å². The monoisotopic (exact) mass is 318 g/mol. The lowest BCUT2D eigenvalue weighted by Gasteiger charge is -2.30. The number of carbonyl (C=O) groups is 2. The van der Waals surface area contributed by atoms with Crippen LogP contribution < -0.4 is 5.32 Å². The molecule has 0 bridgehead atoms.